The lowest BCUT2D eigenvalue weighted by molar-refractivity contribution is 0.0351. The highest BCUT2D eigenvalue weighted by Gasteiger charge is 2.35. The number of imidazole rings is 1. The van der Waals surface area contributed by atoms with Crippen LogP contribution in [0.25, 0.3) is 0 Å². The number of guanidine groups is 1. The van der Waals surface area contributed by atoms with Crippen molar-refractivity contribution in [2.24, 2.45) is 10.9 Å². The van der Waals surface area contributed by atoms with E-state index in [-0.39, 0.29) is 11.6 Å². The van der Waals surface area contributed by atoms with Crippen molar-refractivity contribution < 1.29 is 4.74 Å². The molecule has 0 amide bonds. The number of benzene rings is 1. The summed E-state index contributed by atoms with van der Waals surface area (Å²) in [5, 5.41) is 7.66. The van der Waals surface area contributed by atoms with Crippen LogP contribution in [0.4, 0.5) is 0 Å². The number of likely N-dealkylation sites (tertiary alicyclic amines) is 1. The molecule has 7 nitrogen and oxygen atoms in total. The van der Waals surface area contributed by atoms with E-state index >= 15 is 0 Å². The van der Waals surface area contributed by atoms with Gasteiger partial charge in [0, 0.05) is 63.9 Å². The molecule has 3 atom stereocenters. The van der Waals surface area contributed by atoms with Gasteiger partial charge < -0.3 is 24.8 Å². The third-order valence-electron chi connectivity index (χ3n) is 7.19. The molecule has 2 aliphatic rings. The van der Waals surface area contributed by atoms with E-state index in [0.717, 1.165) is 58.1 Å². The van der Waals surface area contributed by atoms with Crippen LogP contribution in [0.5, 0.6) is 0 Å². The largest absolute Gasteiger partial charge is 0.381 e. The van der Waals surface area contributed by atoms with Crippen LogP contribution in [-0.4, -0.2) is 65.8 Å². The Kier molecular flexibility index (Phi) is 7.48. The summed E-state index contributed by atoms with van der Waals surface area (Å²) >= 11 is 0. The number of hydrogen-bond donors (Lipinski definition) is 2. The van der Waals surface area contributed by atoms with Crippen LogP contribution in [-0.2, 0) is 4.74 Å². The van der Waals surface area contributed by atoms with Crippen molar-refractivity contribution in [3.05, 3.63) is 54.6 Å². The second-order valence-corrected chi connectivity index (χ2v) is 9.36. The first-order valence-electron chi connectivity index (χ1n) is 11.9. The third kappa shape index (κ3) is 5.33. The Morgan fingerprint density at radius 2 is 2.06 bits per heavy atom. The minimum atomic E-state index is -0.0176. The second-order valence-electron chi connectivity index (χ2n) is 9.36. The van der Waals surface area contributed by atoms with Gasteiger partial charge in [-0.15, -0.1) is 0 Å². The molecule has 7 heteroatoms. The molecule has 1 aromatic carbocycles. The molecular formula is C25H38N6O. The van der Waals surface area contributed by atoms with Crippen LogP contribution in [0, 0.1) is 5.92 Å². The van der Waals surface area contributed by atoms with Gasteiger partial charge in [-0.3, -0.25) is 4.99 Å². The maximum absolute atomic E-state index is 5.71. The fraction of sp³-hybridized carbons (Fsp3) is 0.600. The zero-order valence-electron chi connectivity index (χ0n) is 19.7. The molecule has 32 heavy (non-hydrogen) atoms. The van der Waals surface area contributed by atoms with Gasteiger partial charge in [0.1, 0.15) is 0 Å². The van der Waals surface area contributed by atoms with Gasteiger partial charge in [-0.05, 0) is 37.7 Å². The first-order chi connectivity index (χ1) is 15.6. The maximum atomic E-state index is 5.71. The Morgan fingerprint density at radius 3 is 2.75 bits per heavy atom. The van der Waals surface area contributed by atoms with Crippen molar-refractivity contribution in [2.45, 2.75) is 50.7 Å². The number of rotatable bonds is 6. The first-order valence-corrected chi connectivity index (χ1v) is 11.9. The third-order valence-corrected chi connectivity index (χ3v) is 7.19. The molecule has 3 unspecified atom stereocenters. The second kappa shape index (κ2) is 10.5. The molecule has 2 saturated heterocycles. The molecule has 2 fully saturated rings. The molecular weight excluding hydrogens is 400 g/mol. The Balaban J connectivity index is 1.42. The van der Waals surface area contributed by atoms with Crippen molar-refractivity contribution in [1.82, 2.24) is 25.1 Å². The van der Waals surface area contributed by atoms with Gasteiger partial charge in [-0.2, -0.15) is 0 Å². The van der Waals surface area contributed by atoms with E-state index in [1.807, 2.05) is 19.6 Å². The van der Waals surface area contributed by atoms with E-state index in [9.17, 15) is 0 Å². The predicted molar refractivity (Wildman–Crippen MR) is 129 cm³/mol. The standard InChI is InChI=1S/C25H38N6O/c1-20-9-13-30(17-23(20)31-14-12-27-19-31)24(26-3)28-18-25(10-15-32-16-11-25)29-21(2)22-7-5-4-6-8-22/h4-8,12,14,19-21,23,29H,9-11,13,15-18H2,1-3H3,(H,26,28). The lowest BCUT2D eigenvalue weighted by Crippen LogP contribution is -2.59. The number of aromatic nitrogens is 2. The number of ether oxygens (including phenoxy) is 1. The highest BCUT2D eigenvalue weighted by atomic mass is 16.5. The highest BCUT2D eigenvalue weighted by molar-refractivity contribution is 5.80. The topological polar surface area (TPSA) is 66.7 Å². The Bertz CT molecular complexity index is 847. The lowest BCUT2D eigenvalue weighted by Gasteiger charge is -2.43. The van der Waals surface area contributed by atoms with E-state index in [1.54, 1.807) is 0 Å². The zero-order valence-corrected chi connectivity index (χ0v) is 19.7. The predicted octanol–water partition coefficient (Wildman–Crippen LogP) is 3.24. The minimum absolute atomic E-state index is 0.0176. The Morgan fingerprint density at radius 1 is 1.28 bits per heavy atom. The van der Waals surface area contributed by atoms with E-state index in [1.165, 1.54) is 5.56 Å². The van der Waals surface area contributed by atoms with Crippen LogP contribution >= 0.6 is 0 Å². The molecule has 4 rings (SSSR count). The summed E-state index contributed by atoms with van der Waals surface area (Å²) in [5.41, 5.74) is 1.30. The van der Waals surface area contributed by atoms with E-state index in [0.29, 0.717) is 12.0 Å². The number of hydrogen-bond acceptors (Lipinski definition) is 4. The summed E-state index contributed by atoms with van der Waals surface area (Å²) in [6.07, 6.45) is 9.00. The average Bonchev–Trinajstić information content (AvgIpc) is 3.36. The minimum Gasteiger partial charge on any atom is -0.381 e. The summed E-state index contributed by atoms with van der Waals surface area (Å²) < 4.78 is 7.95. The summed E-state index contributed by atoms with van der Waals surface area (Å²) in [6, 6.07) is 11.4. The van der Waals surface area contributed by atoms with Crippen LogP contribution in [0.3, 0.4) is 0 Å². The van der Waals surface area contributed by atoms with Crippen molar-refractivity contribution >= 4 is 5.96 Å². The average molecular weight is 439 g/mol. The SMILES string of the molecule is CN=C(NCC1(NC(C)c2ccccc2)CCOCC1)N1CCC(C)C(n2ccnc2)C1. The monoisotopic (exact) mass is 438 g/mol. The van der Waals surface area contributed by atoms with Crippen LogP contribution in [0.1, 0.15) is 50.8 Å². The number of aliphatic imine (C=N–C) groups is 1. The molecule has 0 aliphatic carbocycles. The molecule has 2 aromatic rings. The Labute approximate surface area is 192 Å². The molecule has 0 saturated carbocycles. The zero-order chi connectivity index (χ0) is 22.4. The van der Waals surface area contributed by atoms with Crippen molar-refractivity contribution in [3.63, 3.8) is 0 Å². The molecule has 174 valence electrons. The van der Waals surface area contributed by atoms with Crippen molar-refractivity contribution in [1.29, 1.82) is 0 Å². The molecule has 3 heterocycles. The van der Waals surface area contributed by atoms with E-state index in [4.69, 9.17) is 4.74 Å². The molecule has 0 radical (unpaired) electrons. The van der Waals surface area contributed by atoms with Crippen LogP contribution < -0.4 is 10.6 Å². The summed E-state index contributed by atoms with van der Waals surface area (Å²) in [6.45, 7) is 8.98. The molecule has 2 aliphatic heterocycles. The summed E-state index contributed by atoms with van der Waals surface area (Å²) in [4.78, 5) is 11.3. The van der Waals surface area contributed by atoms with Gasteiger partial charge in [0.05, 0.1) is 12.4 Å². The fourth-order valence-electron chi connectivity index (χ4n) is 5.09. The van der Waals surface area contributed by atoms with Crippen LogP contribution in [0.2, 0.25) is 0 Å². The van der Waals surface area contributed by atoms with Crippen molar-refractivity contribution in [3.8, 4) is 0 Å². The molecule has 2 N–H and O–H groups in total. The summed E-state index contributed by atoms with van der Waals surface area (Å²) in [7, 11) is 1.89. The normalized spacial score (nSPS) is 24.8. The van der Waals surface area contributed by atoms with Crippen molar-refractivity contribution in [2.75, 3.05) is 39.9 Å². The molecule has 0 bridgehead atoms. The van der Waals surface area contributed by atoms with Crippen LogP contribution in [0.15, 0.2) is 54.0 Å². The summed E-state index contributed by atoms with van der Waals surface area (Å²) in [5.74, 6) is 1.61. The van der Waals surface area contributed by atoms with Gasteiger partial charge in [-0.25, -0.2) is 4.98 Å². The maximum Gasteiger partial charge on any atom is 0.193 e. The number of nitrogens with zero attached hydrogens (tertiary/aromatic N) is 4. The highest BCUT2D eigenvalue weighted by Crippen LogP contribution is 2.28. The number of nitrogens with one attached hydrogen (secondary N) is 2. The van der Waals surface area contributed by atoms with Gasteiger partial charge in [0.15, 0.2) is 5.96 Å². The fourth-order valence-corrected chi connectivity index (χ4v) is 5.09. The Hall–Kier alpha value is -2.38. The lowest BCUT2D eigenvalue weighted by atomic mass is 9.88. The molecule has 0 spiro atoms. The first kappa shape index (κ1) is 22.8. The van der Waals surface area contributed by atoms with Gasteiger partial charge in [-0.1, -0.05) is 37.3 Å². The number of piperidine rings is 1. The molecule has 1 aromatic heterocycles. The quantitative estimate of drug-likeness (QED) is 0.535. The van der Waals surface area contributed by atoms with E-state index in [2.05, 4.69) is 80.5 Å². The van der Waals surface area contributed by atoms with E-state index < -0.39 is 0 Å². The van der Waals surface area contributed by atoms with Gasteiger partial charge >= 0.3 is 0 Å². The van der Waals surface area contributed by atoms with Gasteiger partial charge in [0.25, 0.3) is 0 Å². The van der Waals surface area contributed by atoms with Gasteiger partial charge in [0.2, 0.25) is 0 Å². The smallest absolute Gasteiger partial charge is 0.193 e.